The lowest BCUT2D eigenvalue weighted by molar-refractivity contribution is -0.140. The Morgan fingerprint density at radius 3 is 2.59 bits per heavy atom. The first-order valence-corrected chi connectivity index (χ1v) is 6.85. The van der Waals surface area contributed by atoms with E-state index in [2.05, 4.69) is 5.32 Å². The molecule has 1 rings (SSSR count). The molecular formula is C11H19NO4S. The van der Waals surface area contributed by atoms with Crippen molar-refractivity contribution in [2.24, 2.45) is 0 Å². The third kappa shape index (κ3) is 4.95. The van der Waals surface area contributed by atoms with Crippen LogP contribution >= 0.6 is 11.8 Å². The Kier molecular flexibility index (Phi) is 5.77. The maximum absolute atomic E-state index is 10.9. The molecule has 1 aliphatic rings. The zero-order chi connectivity index (χ0) is 12.8. The van der Waals surface area contributed by atoms with Crippen molar-refractivity contribution in [3.8, 4) is 0 Å². The van der Waals surface area contributed by atoms with Gasteiger partial charge in [-0.15, -0.1) is 0 Å². The predicted molar refractivity (Wildman–Crippen MR) is 66.0 cm³/mol. The molecule has 0 aliphatic heterocycles. The Labute approximate surface area is 105 Å². The van der Waals surface area contributed by atoms with Gasteiger partial charge in [0, 0.05) is 17.9 Å². The normalized spacial score (nSPS) is 26.2. The van der Waals surface area contributed by atoms with Gasteiger partial charge in [-0.1, -0.05) is 12.8 Å². The average Bonchev–Trinajstić information content (AvgIpc) is 2.25. The van der Waals surface area contributed by atoms with Crippen LogP contribution in [0.25, 0.3) is 0 Å². The minimum Gasteiger partial charge on any atom is -0.480 e. The number of amides is 1. The van der Waals surface area contributed by atoms with Crippen LogP contribution in [0.3, 0.4) is 0 Å². The lowest BCUT2D eigenvalue weighted by Gasteiger charge is -2.27. The van der Waals surface area contributed by atoms with Gasteiger partial charge in [0.15, 0.2) is 0 Å². The van der Waals surface area contributed by atoms with Gasteiger partial charge < -0.3 is 15.5 Å². The average molecular weight is 261 g/mol. The standard InChI is InChI=1S/C11H19NO4S/c1-7(13)12-8(11(15)16)6-17-10-5-3-2-4-9(10)14/h8-10,14H,2-6H2,1H3,(H,12,13)(H,15,16). The number of carbonyl (C=O) groups excluding carboxylic acids is 1. The van der Waals surface area contributed by atoms with Crippen LogP contribution in [0.2, 0.25) is 0 Å². The third-order valence-corrected chi connectivity index (χ3v) is 4.32. The number of carbonyl (C=O) groups is 2. The SMILES string of the molecule is CC(=O)NC(CSC1CCCCC1O)C(=O)O. The quantitative estimate of drug-likeness (QED) is 0.675. The number of hydrogen-bond acceptors (Lipinski definition) is 4. The Bertz CT molecular complexity index is 285. The number of aliphatic hydroxyl groups is 1. The molecule has 0 bridgehead atoms. The molecule has 98 valence electrons. The minimum atomic E-state index is -1.03. The van der Waals surface area contributed by atoms with E-state index >= 15 is 0 Å². The molecule has 17 heavy (non-hydrogen) atoms. The molecule has 0 saturated heterocycles. The molecule has 1 aliphatic carbocycles. The molecule has 0 aromatic rings. The van der Waals surface area contributed by atoms with E-state index in [0.717, 1.165) is 25.7 Å². The zero-order valence-electron chi connectivity index (χ0n) is 9.89. The summed E-state index contributed by atoms with van der Waals surface area (Å²) >= 11 is 1.44. The van der Waals surface area contributed by atoms with E-state index in [0.29, 0.717) is 5.75 Å². The molecule has 5 nitrogen and oxygen atoms in total. The second kappa shape index (κ2) is 6.86. The van der Waals surface area contributed by atoms with Crippen LogP contribution < -0.4 is 5.32 Å². The van der Waals surface area contributed by atoms with Crippen molar-refractivity contribution >= 4 is 23.6 Å². The molecule has 3 unspecified atom stereocenters. The van der Waals surface area contributed by atoms with E-state index in [-0.39, 0.29) is 17.3 Å². The van der Waals surface area contributed by atoms with Gasteiger partial charge in [0.05, 0.1) is 6.10 Å². The van der Waals surface area contributed by atoms with Gasteiger partial charge >= 0.3 is 5.97 Å². The minimum absolute atomic E-state index is 0.0966. The topological polar surface area (TPSA) is 86.6 Å². The van der Waals surface area contributed by atoms with Crippen molar-refractivity contribution in [1.82, 2.24) is 5.32 Å². The van der Waals surface area contributed by atoms with Crippen LogP contribution in [0.15, 0.2) is 0 Å². The highest BCUT2D eigenvalue weighted by Crippen LogP contribution is 2.29. The lowest BCUT2D eigenvalue weighted by atomic mass is 9.97. The maximum Gasteiger partial charge on any atom is 0.327 e. The Morgan fingerprint density at radius 1 is 1.41 bits per heavy atom. The Hall–Kier alpha value is -0.750. The van der Waals surface area contributed by atoms with Crippen LogP contribution in [0.1, 0.15) is 32.6 Å². The van der Waals surface area contributed by atoms with Gasteiger partial charge in [-0.3, -0.25) is 4.79 Å². The summed E-state index contributed by atoms with van der Waals surface area (Å²) in [6.07, 6.45) is 3.47. The molecule has 0 spiro atoms. The second-order valence-corrected chi connectivity index (χ2v) is 5.59. The zero-order valence-corrected chi connectivity index (χ0v) is 10.7. The molecule has 0 radical (unpaired) electrons. The summed E-state index contributed by atoms with van der Waals surface area (Å²) in [5.74, 6) is -1.07. The van der Waals surface area contributed by atoms with Gasteiger partial charge in [-0.05, 0) is 12.8 Å². The fourth-order valence-electron chi connectivity index (χ4n) is 1.91. The van der Waals surface area contributed by atoms with E-state index < -0.39 is 12.0 Å². The van der Waals surface area contributed by atoms with Gasteiger partial charge in [0.25, 0.3) is 0 Å². The molecule has 6 heteroatoms. The molecule has 1 amide bonds. The maximum atomic E-state index is 10.9. The highest BCUT2D eigenvalue weighted by Gasteiger charge is 2.26. The number of carboxylic acid groups (broad SMARTS) is 1. The van der Waals surface area contributed by atoms with Crippen LogP contribution in [-0.2, 0) is 9.59 Å². The lowest BCUT2D eigenvalue weighted by Crippen LogP contribution is -2.42. The van der Waals surface area contributed by atoms with Crippen LogP contribution in [-0.4, -0.2) is 45.2 Å². The third-order valence-electron chi connectivity index (χ3n) is 2.82. The summed E-state index contributed by atoms with van der Waals surface area (Å²) in [6, 6.07) is -0.869. The molecule has 0 aromatic heterocycles. The predicted octanol–water partition coefficient (Wildman–Crippen LogP) is 0.612. The second-order valence-electron chi connectivity index (χ2n) is 4.31. The largest absolute Gasteiger partial charge is 0.480 e. The summed E-state index contributed by atoms with van der Waals surface area (Å²) in [4.78, 5) is 21.7. The highest BCUT2D eigenvalue weighted by atomic mass is 32.2. The summed E-state index contributed by atoms with van der Waals surface area (Å²) < 4.78 is 0. The number of aliphatic carboxylic acids is 1. The van der Waals surface area contributed by atoms with Crippen LogP contribution in [0, 0.1) is 0 Å². The molecule has 3 N–H and O–H groups in total. The Morgan fingerprint density at radius 2 is 2.06 bits per heavy atom. The number of thioether (sulfide) groups is 1. The van der Waals surface area contributed by atoms with E-state index in [1.54, 1.807) is 0 Å². The summed E-state index contributed by atoms with van der Waals surface area (Å²) in [7, 11) is 0. The molecule has 3 atom stereocenters. The van der Waals surface area contributed by atoms with E-state index in [1.807, 2.05) is 0 Å². The van der Waals surface area contributed by atoms with Gasteiger partial charge in [0.1, 0.15) is 6.04 Å². The number of carboxylic acids is 1. The summed E-state index contributed by atoms with van der Waals surface area (Å²) in [5.41, 5.74) is 0. The van der Waals surface area contributed by atoms with Crippen molar-refractivity contribution in [2.45, 2.75) is 50.0 Å². The first kappa shape index (κ1) is 14.3. The van der Waals surface area contributed by atoms with Gasteiger partial charge in [-0.25, -0.2) is 4.79 Å². The first-order chi connectivity index (χ1) is 8.00. The van der Waals surface area contributed by atoms with Crippen molar-refractivity contribution < 1.29 is 19.8 Å². The molecule has 0 aromatic carbocycles. The van der Waals surface area contributed by atoms with Crippen molar-refractivity contribution in [2.75, 3.05) is 5.75 Å². The highest BCUT2D eigenvalue weighted by molar-refractivity contribution is 8.00. The number of rotatable bonds is 5. The monoisotopic (exact) mass is 261 g/mol. The first-order valence-electron chi connectivity index (χ1n) is 5.80. The summed E-state index contributed by atoms with van der Waals surface area (Å²) in [6.45, 7) is 1.30. The van der Waals surface area contributed by atoms with E-state index in [4.69, 9.17) is 5.11 Å². The van der Waals surface area contributed by atoms with Crippen molar-refractivity contribution in [3.05, 3.63) is 0 Å². The van der Waals surface area contributed by atoms with Crippen LogP contribution in [0.4, 0.5) is 0 Å². The van der Waals surface area contributed by atoms with E-state index in [1.165, 1.54) is 18.7 Å². The van der Waals surface area contributed by atoms with E-state index in [9.17, 15) is 14.7 Å². The molecule has 1 fully saturated rings. The number of nitrogens with one attached hydrogen (secondary N) is 1. The summed E-state index contributed by atoms with van der Waals surface area (Å²) in [5, 5.41) is 21.2. The fourth-order valence-corrected chi connectivity index (χ4v) is 3.27. The van der Waals surface area contributed by atoms with Gasteiger partial charge in [-0.2, -0.15) is 11.8 Å². The smallest absolute Gasteiger partial charge is 0.327 e. The molecular weight excluding hydrogens is 242 g/mol. The molecule has 1 saturated carbocycles. The molecule has 0 heterocycles. The Balaban J connectivity index is 2.39. The number of aliphatic hydroxyl groups excluding tert-OH is 1. The fraction of sp³-hybridized carbons (Fsp3) is 0.818. The number of hydrogen-bond donors (Lipinski definition) is 3. The van der Waals surface area contributed by atoms with Crippen LogP contribution in [0.5, 0.6) is 0 Å². The van der Waals surface area contributed by atoms with Crippen molar-refractivity contribution in [3.63, 3.8) is 0 Å². The van der Waals surface area contributed by atoms with Gasteiger partial charge in [0.2, 0.25) is 5.91 Å². The van der Waals surface area contributed by atoms with Crippen molar-refractivity contribution in [1.29, 1.82) is 0 Å².